The number of halogens is 1. The Bertz CT molecular complexity index is 566. The molecule has 0 saturated heterocycles. The van der Waals surface area contributed by atoms with Gasteiger partial charge in [0.05, 0.1) is 0 Å². The highest BCUT2D eigenvalue weighted by Crippen LogP contribution is 2.22. The van der Waals surface area contributed by atoms with Crippen LogP contribution >= 0.6 is 15.9 Å². The van der Waals surface area contributed by atoms with Crippen LogP contribution in [0, 0.1) is 6.92 Å². The predicted octanol–water partition coefficient (Wildman–Crippen LogP) is 4.40. The van der Waals surface area contributed by atoms with Gasteiger partial charge in [0, 0.05) is 4.47 Å². The van der Waals surface area contributed by atoms with Crippen molar-refractivity contribution < 1.29 is 4.74 Å². The van der Waals surface area contributed by atoms with Crippen LogP contribution in [0.1, 0.15) is 29.5 Å². The summed E-state index contributed by atoms with van der Waals surface area (Å²) in [5, 5.41) is 0. The van der Waals surface area contributed by atoms with Crippen LogP contribution < -0.4 is 10.5 Å². The molecule has 1 unspecified atom stereocenters. The van der Waals surface area contributed by atoms with Crippen molar-refractivity contribution >= 4 is 15.9 Å². The second-order valence-electron chi connectivity index (χ2n) is 5.08. The quantitative estimate of drug-likeness (QED) is 0.880. The fourth-order valence-electron chi connectivity index (χ4n) is 1.95. The van der Waals surface area contributed by atoms with Gasteiger partial charge in [-0.15, -0.1) is 0 Å². The molecule has 1 atom stereocenters. The lowest BCUT2D eigenvalue weighted by atomic mass is 10.0. The van der Waals surface area contributed by atoms with Gasteiger partial charge in [0.25, 0.3) is 0 Å². The molecule has 0 amide bonds. The van der Waals surface area contributed by atoms with Crippen molar-refractivity contribution in [1.82, 2.24) is 0 Å². The van der Waals surface area contributed by atoms with E-state index in [1.165, 1.54) is 16.7 Å². The van der Waals surface area contributed by atoms with Gasteiger partial charge < -0.3 is 10.5 Å². The molecule has 0 saturated carbocycles. The largest absolute Gasteiger partial charge is 0.489 e. The van der Waals surface area contributed by atoms with Crippen LogP contribution in [0.5, 0.6) is 5.75 Å². The average molecular weight is 334 g/mol. The Labute approximate surface area is 129 Å². The number of rotatable bonds is 5. The molecule has 0 heterocycles. The lowest BCUT2D eigenvalue weighted by Gasteiger charge is -2.11. The first-order valence-corrected chi connectivity index (χ1v) is 7.57. The first kappa shape index (κ1) is 15.1. The van der Waals surface area contributed by atoms with E-state index in [2.05, 4.69) is 54.0 Å². The lowest BCUT2D eigenvalue weighted by molar-refractivity contribution is 0.306. The first-order valence-electron chi connectivity index (χ1n) is 6.78. The summed E-state index contributed by atoms with van der Waals surface area (Å²) in [6, 6.07) is 14.5. The maximum Gasteiger partial charge on any atom is 0.120 e. The summed E-state index contributed by atoms with van der Waals surface area (Å²) in [7, 11) is 0. The molecule has 2 aromatic rings. The van der Waals surface area contributed by atoms with E-state index in [9.17, 15) is 0 Å². The Morgan fingerprint density at radius 1 is 1.15 bits per heavy atom. The Morgan fingerprint density at radius 2 is 1.85 bits per heavy atom. The SMILES string of the molecule is Cc1cc(OCc2ccc(C(C)CN)cc2)ccc1Br. The molecule has 2 rings (SSSR count). The van der Waals surface area contributed by atoms with Crippen LogP contribution in [-0.2, 0) is 6.61 Å². The van der Waals surface area contributed by atoms with Crippen molar-refractivity contribution in [2.45, 2.75) is 26.4 Å². The number of ether oxygens (including phenoxy) is 1. The number of aryl methyl sites for hydroxylation is 1. The molecule has 106 valence electrons. The second kappa shape index (κ2) is 6.91. The molecule has 0 aliphatic carbocycles. The molecule has 0 bridgehead atoms. The normalized spacial score (nSPS) is 12.2. The highest BCUT2D eigenvalue weighted by molar-refractivity contribution is 9.10. The minimum absolute atomic E-state index is 0.402. The minimum Gasteiger partial charge on any atom is -0.489 e. The average Bonchev–Trinajstić information content (AvgIpc) is 2.48. The molecule has 20 heavy (non-hydrogen) atoms. The van der Waals surface area contributed by atoms with Gasteiger partial charge in [-0.2, -0.15) is 0 Å². The van der Waals surface area contributed by atoms with Crippen molar-refractivity contribution in [3.8, 4) is 5.75 Å². The van der Waals surface area contributed by atoms with Gasteiger partial charge in [-0.05, 0) is 54.3 Å². The third-order valence-electron chi connectivity index (χ3n) is 3.44. The van der Waals surface area contributed by atoms with Crippen molar-refractivity contribution in [2.24, 2.45) is 5.73 Å². The molecule has 2 nitrogen and oxygen atoms in total. The van der Waals surface area contributed by atoms with Gasteiger partial charge in [-0.3, -0.25) is 0 Å². The third-order valence-corrected chi connectivity index (χ3v) is 4.33. The Balaban J connectivity index is 1.98. The summed E-state index contributed by atoms with van der Waals surface area (Å²) >= 11 is 3.49. The van der Waals surface area contributed by atoms with Crippen molar-refractivity contribution in [1.29, 1.82) is 0 Å². The van der Waals surface area contributed by atoms with E-state index in [-0.39, 0.29) is 0 Å². The summed E-state index contributed by atoms with van der Waals surface area (Å²) in [6.45, 7) is 5.45. The fourth-order valence-corrected chi connectivity index (χ4v) is 2.20. The standard InChI is InChI=1S/C17H20BrNO/c1-12-9-16(7-8-17(12)18)20-11-14-3-5-15(6-4-14)13(2)10-19/h3-9,13H,10-11,19H2,1-2H3. The highest BCUT2D eigenvalue weighted by atomic mass is 79.9. The topological polar surface area (TPSA) is 35.2 Å². The van der Waals surface area contributed by atoms with Gasteiger partial charge >= 0.3 is 0 Å². The molecule has 0 fully saturated rings. The van der Waals surface area contributed by atoms with Gasteiger partial charge in [-0.25, -0.2) is 0 Å². The smallest absolute Gasteiger partial charge is 0.120 e. The highest BCUT2D eigenvalue weighted by Gasteiger charge is 2.03. The van der Waals surface area contributed by atoms with Crippen LogP contribution in [-0.4, -0.2) is 6.54 Å². The fraction of sp³-hybridized carbons (Fsp3) is 0.294. The van der Waals surface area contributed by atoms with E-state index in [1.54, 1.807) is 0 Å². The van der Waals surface area contributed by atoms with E-state index in [0.29, 0.717) is 19.1 Å². The zero-order valence-corrected chi connectivity index (χ0v) is 13.5. The second-order valence-corrected chi connectivity index (χ2v) is 5.93. The van der Waals surface area contributed by atoms with E-state index >= 15 is 0 Å². The molecule has 3 heteroatoms. The minimum atomic E-state index is 0.402. The summed E-state index contributed by atoms with van der Waals surface area (Å²) in [5.41, 5.74) is 9.29. The van der Waals surface area contributed by atoms with Gasteiger partial charge in [0.15, 0.2) is 0 Å². The predicted molar refractivity (Wildman–Crippen MR) is 87.1 cm³/mol. The van der Waals surface area contributed by atoms with E-state index in [0.717, 1.165) is 10.2 Å². The Kier molecular flexibility index (Phi) is 5.21. The zero-order valence-electron chi connectivity index (χ0n) is 11.9. The van der Waals surface area contributed by atoms with Crippen molar-refractivity contribution in [3.05, 3.63) is 63.6 Å². The maximum atomic E-state index is 5.81. The van der Waals surface area contributed by atoms with Crippen LogP contribution in [0.3, 0.4) is 0 Å². The van der Waals surface area contributed by atoms with Crippen LogP contribution in [0.4, 0.5) is 0 Å². The van der Waals surface area contributed by atoms with Crippen molar-refractivity contribution in [2.75, 3.05) is 6.54 Å². The summed E-state index contributed by atoms with van der Waals surface area (Å²) in [5.74, 6) is 1.30. The number of nitrogens with two attached hydrogens (primary N) is 1. The lowest BCUT2D eigenvalue weighted by Crippen LogP contribution is -2.08. The van der Waals surface area contributed by atoms with Gasteiger partial charge in [0.1, 0.15) is 12.4 Å². The van der Waals surface area contributed by atoms with Crippen LogP contribution in [0.15, 0.2) is 46.9 Å². The van der Waals surface area contributed by atoms with E-state index in [1.807, 2.05) is 18.2 Å². The maximum absolute atomic E-state index is 5.81. The molecule has 0 spiro atoms. The number of benzene rings is 2. The monoisotopic (exact) mass is 333 g/mol. The molecular formula is C17H20BrNO. The summed E-state index contributed by atoms with van der Waals surface area (Å²) < 4.78 is 6.91. The Hall–Kier alpha value is -1.32. The van der Waals surface area contributed by atoms with E-state index < -0.39 is 0 Å². The van der Waals surface area contributed by atoms with Crippen LogP contribution in [0.25, 0.3) is 0 Å². The molecule has 0 radical (unpaired) electrons. The van der Waals surface area contributed by atoms with E-state index in [4.69, 9.17) is 10.5 Å². The first-order chi connectivity index (χ1) is 9.60. The third kappa shape index (κ3) is 3.84. The number of hydrogen-bond acceptors (Lipinski definition) is 2. The van der Waals surface area contributed by atoms with Gasteiger partial charge in [-0.1, -0.05) is 47.1 Å². The zero-order chi connectivity index (χ0) is 14.5. The molecular weight excluding hydrogens is 314 g/mol. The Morgan fingerprint density at radius 3 is 2.45 bits per heavy atom. The summed E-state index contributed by atoms with van der Waals surface area (Å²) in [4.78, 5) is 0. The van der Waals surface area contributed by atoms with Crippen LogP contribution in [0.2, 0.25) is 0 Å². The molecule has 0 aliphatic rings. The van der Waals surface area contributed by atoms with Gasteiger partial charge in [0.2, 0.25) is 0 Å². The molecule has 2 aromatic carbocycles. The van der Waals surface area contributed by atoms with Crippen molar-refractivity contribution in [3.63, 3.8) is 0 Å². The molecule has 0 aromatic heterocycles. The summed E-state index contributed by atoms with van der Waals surface area (Å²) in [6.07, 6.45) is 0. The number of hydrogen-bond donors (Lipinski definition) is 1. The molecule has 2 N–H and O–H groups in total. The molecule has 0 aliphatic heterocycles.